The lowest BCUT2D eigenvalue weighted by atomic mass is 9.77. The van der Waals surface area contributed by atoms with Gasteiger partial charge in [0.2, 0.25) is 5.89 Å². The molecule has 1 fully saturated rings. The molecule has 2 aromatic heterocycles. The molecule has 6 heteroatoms. The summed E-state index contributed by atoms with van der Waals surface area (Å²) >= 11 is 0. The first-order valence-electron chi connectivity index (χ1n) is 7.76. The van der Waals surface area contributed by atoms with E-state index in [1.807, 2.05) is 18.2 Å². The van der Waals surface area contributed by atoms with Crippen molar-refractivity contribution < 1.29 is 4.52 Å². The summed E-state index contributed by atoms with van der Waals surface area (Å²) in [5.41, 5.74) is 7.95. The molecule has 0 unspecified atom stereocenters. The van der Waals surface area contributed by atoms with Crippen LogP contribution in [0.1, 0.15) is 43.7 Å². The quantitative estimate of drug-likeness (QED) is 0.799. The second-order valence-electron chi connectivity index (χ2n) is 5.98. The van der Waals surface area contributed by atoms with Crippen LogP contribution in [0, 0.1) is 0 Å². The van der Waals surface area contributed by atoms with Crippen LogP contribution in [0.4, 0.5) is 0 Å². The van der Waals surface area contributed by atoms with Gasteiger partial charge in [-0.25, -0.2) is 4.98 Å². The Morgan fingerprint density at radius 1 is 1.27 bits per heavy atom. The third-order valence-electron chi connectivity index (χ3n) is 4.50. The van der Waals surface area contributed by atoms with E-state index in [9.17, 15) is 0 Å². The van der Waals surface area contributed by atoms with Gasteiger partial charge in [0.1, 0.15) is 12.4 Å². The van der Waals surface area contributed by atoms with Crippen molar-refractivity contribution in [3.8, 4) is 0 Å². The number of benzene rings is 1. The fourth-order valence-corrected chi connectivity index (χ4v) is 3.01. The standard InChI is InChI=1S/C16H19N5O/c1-2-13-18-11-6-3-4-7-12(11)21(13)10-14-19-15(20-22-14)16(17)8-5-9-16/h3-4,6-7H,2,5,8-10,17H2,1H3. The Morgan fingerprint density at radius 2 is 2.09 bits per heavy atom. The number of hydrogen-bond donors (Lipinski definition) is 1. The topological polar surface area (TPSA) is 82.8 Å². The number of fused-ring (bicyclic) bond motifs is 1. The molecule has 0 saturated heterocycles. The zero-order valence-corrected chi connectivity index (χ0v) is 12.6. The maximum atomic E-state index is 6.25. The zero-order valence-electron chi connectivity index (χ0n) is 12.6. The SMILES string of the molecule is CCc1nc2ccccc2n1Cc1nc(C2(N)CCC2)no1. The van der Waals surface area contributed by atoms with Crippen LogP contribution in [0.2, 0.25) is 0 Å². The van der Waals surface area contributed by atoms with E-state index in [1.165, 1.54) is 0 Å². The summed E-state index contributed by atoms with van der Waals surface area (Å²) in [6.07, 6.45) is 3.85. The van der Waals surface area contributed by atoms with Crippen molar-refractivity contribution in [1.82, 2.24) is 19.7 Å². The predicted octanol–water partition coefficient (Wildman–Crippen LogP) is 2.37. The summed E-state index contributed by atoms with van der Waals surface area (Å²) in [5.74, 6) is 2.24. The average molecular weight is 297 g/mol. The van der Waals surface area contributed by atoms with Crippen molar-refractivity contribution in [3.63, 3.8) is 0 Å². The van der Waals surface area contributed by atoms with Gasteiger partial charge in [-0.1, -0.05) is 24.2 Å². The summed E-state index contributed by atoms with van der Waals surface area (Å²) < 4.78 is 7.55. The second kappa shape index (κ2) is 4.91. The molecule has 0 atom stereocenters. The lowest BCUT2D eigenvalue weighted by Gasteiger charge is -2.34. The number of para-hydroxylation sites is 2. The number of imidazole rings is 1. The Kier molecular flexibility index (Phi) is 3.00. The predicted molar refractivity (Wildman–Crippen MR) is 82.2 cm³/mol. The van der Waals surface area contributed by atoms with Crippen LogP contribution >= 0.6 is 0 Å². The van der Waals surface area contributed by atoms with Gasteiger partial charge in [-0.15, -0.1) is 0 Å². The molecule has 0 bridgehead atoms. The van der Waals surface area contributed by atoms with Crippen molar-refractivity contribution in [2.75, 3.05) is 0 Å². The Labute approximate surface area is 128 Å². The summed E-state index contributed by atoms with van der Waals surface area (Å²) in [5, 5.41) is 4.08. The molecule has 0 radical (unpaired) electrons. The van der Waals surface area contributed by atoms with Gasteiger partial charge in [0, 0.05) is 6.42 Å². The average Bonchev–Trinajstić information content (AvgIpc) is 3.11. The van der Waals surface area contributed by atoms with E-state index in [1.54, 1.807) is 0 Å². The lowest BCUT2D eigenvalue weighted by molar-refractivity contribution is 0.229. The number of nitrogens with zero attached hydrogens (tertiary/aromatic N) is 4. The van der Waals surface area contributed by atoms with Crippen LogP contribution in [-0.2, 0) is 18.5 Å². The van der Waals surface area contributed by atoms with Crippen LogP contribution in [0.5, 0.6) is 0 Å². The molecule has 1 saturated carbocycles. The number of nitrogens with two attached hydrogens (primary N) is 1. The van der Waals surface area contributed by atoms with E-state index in [2.05, 4.69) is 32.7 Å². The maximum absolute atomic E-state index is 6.25. The molecule has 6 nitrogen and oxygen atoms in total. The Morgan fingerprint density at radius 3 is 2.82 bits per heavy atom. The molecule has 0 amide bonds. The van der Waals surface area contributed by atoms with E-state index in [4.69, 9.17) is 10.3 Å². The highest BCUT2D eigenvalue weighted by Gasteiger charge is 2.39. The van der Waals surface area contributed by atoms with E-state index in [-0.39, 0.29) is 5.54 Å². The minimum atomic E-state index is -0.383. The minimum absolute atomic E-state index is 0.383. The van der Waals surface area contributed by atoms with Gasteiger partial charge in [0.05, 0.1) is 16.6 Å². The van der Waals surface area contributed by atoms with Crippen molar-refractivity contribution in [1.29, 1.82) is 0 Å². The van der Waals surface area contributed by atoms with Crippen molar-refractivity contribution >= 4 is 11.0 Å². The third kappa shape index (κ3) is 2.02. The molecule has 22 heavy (non-hydrogen) atoms. The fourth-order valence-electron chi connectivity index (χ4n) is 3.01. The van der Waals surface area contributed by atoms with Crippen molar-refractivity contribution in [3.05, 3.63) is 41.8 Å². The van der Waals surface area contributed by atoms with Crippen LogP contribution in [-0.4, -0.2) is 19.7 Å². The number of aromatic nitrogens is 4. The van der Waals surface area contributed by atoms with Gasteiger partial charge in [0.25, 0.3) is 0 Å². The largest absolute Gasteiger partial charge is 0.337 e. The zero-order chi connectivity index (χ0) is 15.2. The molecule has 0 aliphatic heterocycles. The lowest BCUT2D eigenvalue weighted by Crippen LogP contribution is -2.44. The van der Waals surface area contributed by atoms with Gasteiger partial charge in [-0.05, 0) is 31.4 Å². The molecular weight excluding hydrogens is 278 g/mol. The van der Waals surface area contributed by atoms with E-state index in [0.717, 1.165) is 42.5 Å². The van der Waals surface area contributed by atoms with Crippen LogP contribution in [0.3, 0.4) is 0 Å². The van der Waals surface area contributed by atoms with Gasteiger partial charge < -0.3 is 14.8 Å². The van der Waals surface area contributed by atoms with Crippen molar-refractivity contribution in [2.45, 2.75) is 44.7 Å². The van der Waals surface area contributed by atoms with Gasteiger partial charge in [-0.3, -0.25) is 0 Å². The monoisotopic (exact) mass is 297 g/mol. The number of aryl methyl sites for hydroxylation is 1. The molecule has 3 aromatic rings. The van der Waals surface area contributed by atoms with E-state index < -0.39 is 0 Å². The number of rotatable bonds is 4. The van der Waals surface area contributed by atoms with Gasteiger partial charge in [0.15, 0.2) is 5.82 Å². The van der Waals surface area contributed by atoms with Crippen LogP contribution in [0.15, 0.2) is 28.8 Å². The first-order chi connectivity index (χ1) is 10.7. The molecule has 2 N–H and O–H groups in total. The maximum Gasteiger partial charge on any atom is 0.246 e. The Hall–Kier alpha value is -2.21. The van der Waals surface area contributed by atoms with Gasteiger partial charge in [-0.2, -0.15) is 4.98 Å². The van der Waals surface area contributed by atoms with Crippen molar-refractivity contribution in [2.24, 2.45) is 5.73 Å². The van der Waals surface area contributed by atoms with E-state index in [0.29, 0.717) is 18.3 Å². The van der Waals surface area contributed by atoms with Crippen LogP contribution < -0.4 is 5.73 Å². The summed E-state index contributed by atoms with van der Waals surface area (Å²) in [6.45, 7) is 2.63. The van der Waals surface area contributed by atoms with Crippen LogP contribution in [0.25, 0.3) is 11.0 Å². The number of hydrogen-bond acceptors (Lipinski definition) is 5. The summed E-state index contributed by atoms with van der Waals surface area (Å²) in [6, 6.07) is 8.10. The van der Waals surface area contributed by atoms with E-state index >= 15 is 0 Å². The Balaban J connectivity index is 1.69. The molecule has 1 aliphatic carbocycles. The molecule has 1 aromatic carbocycles. The highest BCUT2D eigenvalue weighted by atomic mass is 16.5. The second-order valence-corrected chi connectivity index (χ2v) is 5.98. The molecule has 1 aliphatic rings. The normalized spacial score (nSPS) is 16.8. The highest BCUT2D eigenvalue weighted by molar-refractivity contribution is 5.75. The first-order valence-corrected chi connectivity index (χ1v) is 7.76. The molecule has 0 spiro atoms. The summed E-state index contributed by atoms with van der Waals surface area (Å²) in [4.78, 5) is 9.17. The first kappa shape index (κ1) is 13.5. The molecule has 2 heterocycles. The molecule has 114 valence electrons. The fraction of sp³-hybridized carbons (Fsp3) is 0.438. The minimum Gasteiger partial charge on any atom is -0.337 e. The summed E-state index contributed by atoms with van der Waals surface area (Å²) in [7, 11) is 0. The smallest absolute Gasteiger partial charge is 0.246 e. The highest BCUT2D eigenvalue weighted by Crippen LogP contribution is 2.36. The van der Waals surface area contributed by atoms with Gasteiger partial charge >= 0.3 is 0 Å². The molecular formula is C16H19N5O. The molecule has 4 rings (SSSR count). The third-order valence-corrected chi connectivity index (χ3v) is 4.50. The Bertz CT molecular complexity index is 815.